The summed E-state index contributed by atoms with van der Waals surface area (Å²) in [5.41, 5.74) is 2.55. The summed E-state index contributed by atoms with van der Waals surface area (Å²) in [6.45, 7) is 10.3. The lowest BCUT2D eigenvalue weighted by molar-refractivity contribution is 0.457. The Kier molecular flexibility index (Phi) is 3.19. The summed E-state index contributed by atoms with van der Waals surface area (Å²) in [5, 5.41) is 12.3. The van der Waals surface area contributed by atoms with Gasteiger partial charge in [-0.3, -0.25) is 0 Å². The molecule has 0 heterocycles. The van der Waals surface area contributed by atoms with Gasteiger partial charge in [-0.05, 0) is 50.9 Å². The number of nitrogens with zero attached hydrogens (tertiary/aromatic N) is 1. The molecule has 0 aliphatic heterocycles. The summed E-state index contributed by atoms with van der Waals surface area (Å²) in [7, 11) is 0. The summed E-state index contributed by atoms with van der Waals surface area (Å²) in [4.78, 5) is 0. The third-order valence-corrected chi connectivity index (χ3v) is 5.57. The fourth-order valence-electron chi connectivity index (χ4n) is 2.78. The van der Waals surface area contributed by atoms with E-state index in [1.807, 2.05) is 18.2 Å². The third kappa shape index (κ3) is 2.03. The molecule has 18 heavy (non-hydrogen) atoms. The van der Waals surface area contributed by atoms with Gasteiger partial charge in [0.05, 0.1) is 11.6 Å². The van der Waals surface area contributed by atoms with Crippen molar-refractivity contribution in [2.75, 3.05) is 11.9 Å². The van der Waals surface area contributed by atoms with Gasteiger partial charge in [-0.25, -0.2) is 0 Å². The maximum absolute atomic E-state index is 8.83. The second kappa shape index (κ2) is 4.28. The molecule has 1 aromatic carbocycles. The maximum Gasteiger partial charge on any atom is 0.0992 e. The summed E-state index contributed by atoms with van der Waals surface area (Å²) in [6, 6.07) is 7.80. The highest BCUT2D eigenvalue weighted by Crippen LogP contribution is 2.68. The van der Waals surface area contributed by atoms with E-state index in [-0.39, 0.29) is 0 Å². The minimum atomic E-state index is 0.402. The van der Waals surface area contributed by atoms with Gasteiger partial charge in [0.2, 0.25) is 0 Å². The molecule has 2 nitrogen and oxygen atoms in total. The van der Waals surface area contributed by atoms with E-state index in [9.17, 15) is 0 Å². The van der Waals surface area contributed by atoms with Crippen molar-refractivity contribution in [2.45, 2.75) is 27.7 Å². The molecule has 1 N–H and O–H groups in total. The summed E-state index contributed by atoms with van der Waals surface area (Å²) < 4.78 is 0.956. The number of nitriles is 1. The van der Waals surface area contributed by atoms with Gasteiger partial charge in [0.15, 0.2) is 0 Å². The lowest BCUT2D eigenvalue weighted by atomic mass is 10.0. The molecular formula is C15H19BrN2. The normalized spacial score (nSPS) is 20.2. The number of anilines is 1. The van der Waals surface area contributed by atoms with Crippen molar-refractivity contribution in [1.29, 1.82) is 5.26 Å². The number of benzene rings is 1. The molecule has 0 bridgehead atoms. The molecule has 1 aliphatic carbocycles. The molecule has 0 unspecified atom stereocenters. The highest BCUT2D eigenvalue weighted by atomic mass is 79.9. The number of hydrogen-bond acceptors (Lipinski definition) is 2. The number of rotatable bonds is 3. The van der Waals surface area contributed by atoms with Gasteiger partial charge in [-0.2, -0.15) is 5.26 Å². The molecule has 0 radical (unpaired) electrons. The van der Waals surface area contributed by atoms with E-state index < -0.39 is 0 Å². The van der Waals surface area contributed by atoms with Gasteiger partial charge in [0.25, 0.3) is 0 Å². The Morgan fingerprint density at radius 1 is 1.28 bits per heavy atom. The molecule has 3 heteroatoms. The average Bonchev–Trinajstić information content (AvgIpc) is 2.68. The van der Waals surface area contributed by atoms with Crippen LogP contribution < -0.4 is 5.32 Å². The summed E-state index contributed by atoms with van der Waals surface area (Å²) in [6.07, 6.45) is 0. The Morgan fingerprint density at radius 3 is 2.33 bits per heavy atom. The zero-order chi connectivity index (χ0) is 13.6. The van der Waals surface area contributed by atoms with E-state index in [2.05, 4.69) is 55.0 Å². The lowest BCUT2D eigenvalue weighted by Crippen LogP contribution is -2.08. The minimum absolute atomic E-state index is 0.402. The molecule has 1 fully saturated rings. The third-order valence-electron chi connectivity index (χ3n) is 4.91. The second-order valence-corrected chi connectivity index (χ2v) is 7.04. The zero-order valence-electron chi connectivity index (χ0n) is 11.3. The monoisotopic (exact) mass is 306 g/mol. The first-order valence-electron chi connectivity index (χ1n) is 6.24. The van der Waals surface area contributed by atoms with E-state index in [0.717, 1.165) is 16.7 Å². The first kappa shape index (κ1) is 13.4. The van der Waals surface area contributed by atoms with Crippen LogP contribution in [0.5, 0.6) is 0 Å². The van der Waals surface area contributed by atoms with Crippen LogP contribution in [0.15, 0.2) is 22.7 Å². The number of nitrogens with one attached hydrogen (secondary N) is 1. The largest absolute Gasteiger partial charge is 0.384 e. The molecule has 0 atom stereocenters. The van der Waals surface area contributed by atoms with Gasteiger partial charge in [0, 0.05) is 16.7 Å². The van der Waals surface area contributed by atoms with Crippen molar-refractivity contribution in [1.82, 2.24) is 0 Å². The van der Waals surface area contributed by atoms with Crippen LogP contribution >= 0.6 is 15.9 Å². The van der Waals surface area contributed by atoms with Crippen LogP contribution in [-0.4, -0.2) is 6.54 Å². The molecule has 1 saturated carbocycles. The van der Waals surface area contributed by atoms with Crippen LogP contribution in [0.1, 0.15) is 33.3 Å². The first-order valence-corrected chi connectivity index (χ1v) is 7.03. The fraction of sp³-hybridized carbons (Fsp3) is 0.533. The van der Waals surface area contributed by atoms with Gasteiger partial charge in [0.1, 0.15) is 0 Å². The molecule has 0 saturated heterocycles. The molecule has 0 amide bonds. The predicted molar refractivity (Wildman–Crippen MR) is 78.4 cm³/mol. The first-order chi connectivity index (χ1) is 8.30. The molecule has 0 aromatic heterocycles. The Balaban J connectivity index is 2.03. The Hall–Kier alpha value is -1.01. The fourth-order valence-corrected chi connectivity index (χ4v) is 3.30. The van der Waals surface area contributed by atoms with Crippen molar-refractivity contribution in [2.24, 2.45) is 16.7 Å². The lowest BCUT2D eigenvalue weighted by Gasteiger charge is -2.09. The molecule has 2 rings (SSSR count). The SMILES string of the molecule is CC1(C)C(CNc2ccc(C#N)cc2Br)C1(C)C. The molecule has 1 aromatic rings. The quantitative estimate of drug-likeness (QED) is 0.897. The number of hydrogen-bond donors (Lipinski definition) is 1. The van der Waals surface area contributed by atoms with Crippen molar-refractivity contribution in [3.63, 3.8) is 0 Å². The summed E-state index contributed by atoms with van der Waals surface area (Å²) >= 11 is 3.50. The van der Waals surface area contributed by atoms with Crippen LogP contribution in [0, 0.1) is 28.1 Å². The average molecular weight is 307 g/mol. The van der Waals surface area contributed by atoms with E-state index in [1.165, 1.54) is 0 Å². The Morgan fingerprint density at radius 2 is 1.89 bits per heavy atom. The van der Waals surface area contributed by atoms with E-state index >= 15 is 0 Å². The van der Waals surface area contributed by atoms with E-state index in [1.54, 1.807) is 0 Å². The Labute approximate surface area is 118 Å². The maximum atomic E-state index is 8.83. The van der Waals surface area contributed by atoms with Crippen LogP contribution in [-0.2, 0) is 0 Å². The highest BCUT2D eigenvalue weighted by molar-refractivity contribution is 9.10. The van der Waals surface area contributed by atoms with Gasteiger partial charge in [-0.1, -0.05) is 27.7 Å². The van der Waals surface area contributed by atoms with Gasteiger partial charge < -0.3 is 5.32 Å². The number of halogens is 1. The Bertz CT molecular complexity index is 498. The highest BCUT2D eigenvalue weighted by Gasteiger charge is 2.63. The van der Waals surface area contributed by atoms with Crippen LogP contribution in [0.4, 0.5) is 5.69 Å². The molecular weight excluding hydrogens is 288 g/mol. The summed E-state index contributed by atoms with van der Waals surface area (Å²) in [5.74, 6) is 0.688. The van der Waals surface area contributed by atoms with Crippen molar-refractivity contribution >= 4 is 21.6 Å². The van der Waals surface area contributed by atoms with E-state index in [4.69, 9.17) is 5.26 Å². The molecule has 96 valence electrons. The van der Waals surface area contributed by atoms with Crippen molar-refractivity contribution in [3.8, 4) is 6.07 Å². The van der Waals surface area contributed by atoms with E-state index in [0.29, 0.717) is 22.3 Å². The topological polar surface area (TPSA) is 35.8 Å². The van der Waals surface area contributed by atoms with Gasteiger partial charge in [-0.15, -0.1) is 0 Å². The van der Waals surface area contributed by atoms with Crippen LogP contribution in [0.2, 0.25) is 0 Å². The minimum Gasteiger partial charge on any atom is -0.384 e. The second-order valence-electron chi connectivity index (χ2n) is 6.18. The van der Waals surface area contributed by atoms with Crippen molar-refractivity contribution < 1.29 is 0 Å². The zero-order valence-corrected chi connectivity index (χ0v) is 12.9. The van der Waals surface area contributed by atoms with Gasteiger partial charge >= 0.3 is 0 Å². The van der Waals surface area contributed by atoms with Crippen LogP contribution in [0.25, 0.3) is 0 Å². The molecule has 0 spiro atoms. The predicted octanol–water partition coefficient (Wildman–Crippen LogP) is 4.41. The van der Waals surface area contributed by atoms with Crippen LogP contribution in [0.3, 0.4) is 0 Å². The van der Waals surface area contributed by atoms with Crippen molar-refractivity contribution in [3.05, 3.63) is 28.2 Å². The standard InChI is InChI=1S/C15H19BrN2/c1-14(2)13(15(14,3)4)9-18-12-6-5-10(8-17)7-11(12)16/h5-7,13,18H,9H2,1-4H3. The molecule has 1 aliphatic rings. The smallest absolute Gasteiger partial charge is 0.0992 e.